The fourth-order valence-electron chi connectivity index (χ4n) is 5.63. The third kappa shape index (κ3) is 4.39. The van der Waals surface area contributed by atoms with Gasteiger partial charge in [0.05, 0.1) is 30.7 Å². The molecule has 6 rings (SSSR count). The summed E-state index contributed by atoms with van der Waals surface area (Å²) in [5.41, 5.74) is 2.25. The Morgan fingerprint density at radius 1 is 1.03 bits per heavy atom. The maximum absolute atomic E-state index is 13.6. The lowest BCUT2D eigenvalue weighted by molar-refractivity contribution is -0.603. The molecule has 11 nitrogen and oxygen atoms in total. The van der Waals surface area contributed by atoms with Gasteiger partial charge in [-0.05, 0) is 37.5 Å². The number of ether oxygens (including phenoxy) is 1. The Hall–Kier alpha value is -3.99. The van der Waals surface area contributed by atoms with Gasteiger partial charge in [-0.15, -0.1) is 0 Å². The van der Waals surface area contributed by atoms with E-state index in [9.17, 15) is 10.0 Å². The quantitative estimate of drug-likeness (QED) is 0.356. The smallest absolute Gasteiger partial charge is 0.284 e. The van der Waals surface area contributed by atoms with Gasteiger partial charge >= 0.3 is 0 Å². The van der Waals surface area contributed by atoms with Gasteiger partial charge in [0, 0.05) is 25.2 Å². The van der Waals surface area contributed by atoms with Crippen molar-refractivity contribution in [3.63, 3.8) is 0 Å². The third-order valence-corrected chi connectivity index (χ3v) is 7.45. The number of hydrogen-bond donors (Lipinski definition) is 3. The number of nitrogens with zero attached hydrogens (tertiary/aromatic N) is 5. The lowest BCUT2D eigenvalue weighted by Crippen LogP contribution is -2.49. The van der Waals surface area contributed by atoms with Gasteiger partial charge in [0.1, 0.15) is 29.2 Å². The van der Waals surface area contributed by atoms with Crippen LogP contribution in [-0.2, 0) is 10.3 Å². The van der Waals surface area contributed by atoms with Crippen molar-refractivity contribution in [3.8, 4) is 0 Å². The number of amides is 1. The molecule has 5 heterocycles. The highest BCUT2D eigenvalue weighted by Crippen LogP contribution is 2.42. The van der Waals surface area contributed by atoms with Crippen LogP contribution < -0.4 is 25.6 Å². The SMILES string of the molecule is Cc1cc(Nc2cc(Nc3ccc(N4CCOCC4)cn3)ncn2)[n+]([O-])c2c1C(=O)NC21CCCCC1. The number of fused-ring (bicyclic) bond motifs is 2. The number of morpholine rings is 1. The molecule has 3 aromatic heterocycles. The number of hydrogen-bond acceptors (Lipinski definition) is 9. The Balaban J connectivity index is 1.22. The molecule has 11 heteroatoms. The molecule has 3 aromatic rings. The zero-order valence-electron chi connectivity index (χ0n) is 20.8. The molecule has 1 saturated heterocycles. The Kier molecular flexibility index (Phi) is 5.99. The number of carbonyl (C=O) groups excluding carboxylic acids is 1. The van der Waals surface area contributed by atoms with Crippen LogP contribution >= 0.6 is 0 Å². The van der Waals surface area contributed by atoms with Crippen LogP contribution in [0.3, 0.4) is 0 Å². The first-order chi connectivity index (χ1) is 18.0. The van der Waals surface area contributed by atoms with Gasteiger partial charge in [-0.1, -0.05) is 19.3 Å². The van der Waals surface area contributed by atoms with E-state index in [-0.39, 0.29) is 5.91 Å². The van der Waals surface area contributed by atoms with Gasteiger partial charge in [-0.2, -0.15) is 4.98 Å². The zero-order chi connectivity index (χ0) is 25.4. The molecule has 2 fully saturated rings. The molecular weight excluding hydrogens is 472 g/mol. The van der Waals surface area contributed by atoms with E-state index in [1.54, 1.807) is 12.1 Å². The van der Waals surface area contributed by atoms with E-state index in [0.717, 1.165) is 74.4 Å². The van der Waals surface area contributed by atoms with Crippen molar-refractivity contribution in [1.29, 1.82) is 0 Å². The summed E-state index contributed by atoms with van der Waals surface area (Å²) in [6.07, 6.45) is 7.89. The highest BCUT2D eigenvalue weighted by molar-refractivity contribution is 6.00. The Morgan fingerprint density at radius 2 is 1.78 bits per heavy atom. The van der Waals surface area contributed by atoms with Crippen molar-refractivity contribution in [3.05, 3.63) is 58.8 Å². The predicted octanol–water partition coefficient (Wildman–Crippen LogP) is 3.04. The van der Waals surface area contributed by atoms with Gasteiger partial charge < -0.3 is 25.5 Å². The van der Waals surface area contributed by atoms with E-state index in [4.69, 9.17) is 4.74 Å². The second kappa shape index (κ2) is 9.47. The van der Waals surface area contributed by atoms with Crippen LogP contribution in [0.15, 0.2) is 36.8 Å². The molecule has 0 bridgehead atoms. The predicted molar refractivity (Wildman–Crippen MR) is 138 cm³/mol. The number of pyridine rings is 2. The molecule has 0 atom stereocenters. The molecule has 37 heavy (non-hydrogen) atoms. The maximum Gasteiger partial charge on any atom is 0.284 e. The second-order valence-corrected chi connectivity index (χ2v) is 9.87. The van der Waals surface area contributed by atoms with Crippen LogP contribution in [0.5, 0.6) is 0 Å². The van der Waals surface area contributed by atoms with Gasteiger partial charge in [-0.3, -0.25) is 4.79 Å². The molecule has 0 aromatic carbocycles. The number of aryl methyl sites for hydroxylation is 1. The van der Waals surface area contributed by atoms with Crippen LogP contribution in [0.1, 0.15) is 53.7 Å². The van der Waals surface area contributed by atoms with Crippen LogP contribution in [0.4, 0.5) is 29.0 Å². The Bertz CT molecular complexity index is 1320. The molecule has 0 unspecified atom stereocenters. The first kappa shape index (κ1) is 23.4. The van der Waals surface area contributed by atoms with Gasteiger partial charge in [0.15, 0.2) is 0 Å². The Labute approximate surface area is 214 Å². The summed E-state index contributed by atoms with van der Waals surface area (Å²) in [7, 11) is 0. The minimum Gasteiger partial charge on any atom is -0.710 e. The molecule has 1 saturated carbocycles. The minimum absolute atomic E-state index is 0.161. The van der Waals surface area contributed by atoms with E-state index < -0.39 is 5.54 Å². The molecule has 0 radical (unpaired) electrons. The first-order valence-corrected chi connectivity index (χ1v) is 12.8. The average molecular weight is 503 g/mol. The van der Waals surface area contributed by atoms with E-state index in [1.807, 2.05) is 25.3 Å². The van der Waals surface area contributed by atoms with Crippen molar-refractivity contribution in [1.82, 2.24) is 20.3 Å². The fraction of sp³-hybridized carbons (Fsp3) is 0.423. The van der Waals surface area contributed by atoms with E-state index in [1.165, 1.54) is 6.33 Å². The monoisotopic (exact) mass is 502 g/mol. The highest BCUT2D eigenvalue weighted by atomic mass is 16.5. The molecule has 1 spiro atoms. The molecule has 1 aliphatic carbocycles. The average Bonchev–Trinajstić information content (AvgIpc) is 3.20. The number of anilines is 5. The second-order valence-electron chi connectivity index (χ2n) is 9.87. The topological polar surface area (TPSA) is 131 Å². The lowest BCUT2D eigenvalue weighted by Gasteiger charge is -2.34. The highest BCUT2D eigenvalue weighted by Gasteiger charge is 2.48. The summed E-state index contributed by atoms with van der Waals surface area (Å²) < 4.78 is 6.28. The summed E-state index contributed by atoms with van der Waals surface area (Å²) in [5, 5.41) is 23.0. The summed E-state index contributed by atoms with van der Waals surface area (Å²) in [6.45, 7) is 5.01. The van der Waals surface area contributed by atoms with E-state index in [2.05, 4.69) is 35.8 Å². The van der Waals surface area contributed by atoms with Gasteiger partial charge in [0.25, 0.3) is 11.7 Å². The molecule has 3 aliphatic rings. The normalized spacial score (nSPS) is 18.4. The van der Waals surface area contributed by atoms with Crippen molar-refractivity contribution >= 4 is 34.9 Å². The van der Waals surface area contributed by atoms with E-state index >= 15 is 0 Å². The van der Waals surface area contributed by atoms with Crippen molar-refractivity contribution in [2.24, 2.45) is 0 Å². The molecule has 1 amide bonds. The number of nitrogens with one attached hydrogen (secondary N) is 3. The fourth-order valence-corrected chi connectivity index (χ4v) is 5.63. The molecule has 3 N–H and O–H groups in total. The van der Waals surface area contributed by atoms with Crippen LogP contribution in [0, 0.1) is 12.1 Å². The van der Waals surface area contributed by atoms with Crippen molar-refractivity contribution < 1.29 is 14.3 Å². The number of aromatic nitrogens is 4. The molecular formula is C26H30N8O3. The van der Waals surface area contributed by atoms with Crippen molar-refractivity contribution in [2.75, 3.05) is 41.8 Å². The van der Waals surface area contributed by atoms with E-state index in [0.29, 0.717) is 34.5 Å². The number of carbonyl (C=O) groups is 1. The standard InChI is InChI=1S/C26H30N8O3/c1-17-13-22(34(36)24-23(17)25(35)32-26(24)7-3-2-4-8-26)31-21-14-20(28-16-29-21)30-19-6-5-18(15-27-19)33-9-11-37-12-10-33/h5-6,13-16H,2-4,7-12H2,1H3,(H,32,35)(H2,27,28,29,30,31). The third-order valence-electron chi connectivity index (χ3n) is 7.45. The van der Waals surface area contributed by atoms with Crippen LogP contribution in [0.2, 0.25) is 0 Å². The maximum atomic E-state index is 13.6. The minimum atomic E-state index is -0.591. The molecule has 192 valence electrons. The van der Waals surface area contributed by atoms with Gasteiger partial charge in [-0.25, -0.2) is 20.0 Å². The first-order valence-electron chi connectivity index (χ1n) is 12.8. The Morgan fingerprint density at radius 3 is 2.51 bits per heavy atom. The van der Waals surface area contributed by atoms with Crippen LogP contribution in [0.25, 0.3) is 0 Å². The van der Waals surface area contributed by atoms with Crippen molar-refractivity contribution in [2.45, 2.75) is 44.6 Å². The van der Waals surface area contributed by atoms with Crippen LogP contribution in [-0.4, -0.2) is 47.2 Å². The summed E-state index contributed by atoms with van der Waals surface area (Å²) in [4.78, 5) is 28.1. The lowest BCUT2D eigenvalue weighted by atomic mass is 9.79. The summed E-state index contributed by atoms with van der Waals surface area (Å²) in [5.74, 6) is 1.82. The molecule has 2 aliphatic heterocycles. The largest absolute Gasteiger partial charge is 0.710 e. The zero-order valence-corrected chi connectivity index (χ0v) is 20.8. The van der Waals surface area contributed by atoms with Gasteiger partial charge in [0.2, 0.25) is 5.82 Å². The summed E-state index contributed by atoms with van der Waals surface area (Å²) >= 11 is 0. The number of rotatable bonds is 5. The summed E-state index contributed by atoms with van der Waals surface area (Å²) in [6, 6.07) is 7.35.